The van der Waals surface area contributed by atoms with Crippen molar-refractivity contribution < 1.29 is 9.47 Å². The third-order valence-electron chi connectivity index (χ3n) is 3.74. The molecule has 0 atom stereocenters. The molecule has 2 rings (SSSR count). The van der Waals surface area contributed by atoms with Crippen LogP contribution >= 0.6 is 0 Å². The number of rotatable bonds is 5. The van der Waals surface area contributed by atoms with Gasteiger partial charge in [-0.2, -0.15) is 0 Å². The molecular weight excluding hydrogens is 204 g/mol. The number of ether oxygens (including phenoxy) is 2. The van der Waals surface area contributed by atoms with Gasteiger partial charge in [-0.15, -0.1) is 0 Å². The molecule has 1 aliphatic heterocycles. The molecule has 1 saturated heterocycles. The van der Waals surface area contributed by atoms with Crippen LogP contribution in [0.25, 0.3) is 0 Å². The maximum Gasteiger partial charge on any atom is 0.0625 e. The Labute approximate surface area is 98.5 Å². The number of hydrogen-bond donors (Lipinski definition) is 0. The van der Waals surface area contributed by atoms with Crippen LogP contribution < -0.4 is 0 Å². The molecule has 1 heterocycles. The Morgan fingerprint density at radius 1 is 1.06 bits per heavy atom. The molecule has 16 heavy (non-hydrogen) atoms. The van der Waals surface area contributed by atoms with Gasteiger partial charge in [0.25, 0.3) is 0 Å². The predicted octanol–water partition coefficient (Wildman–Crippen LogP) is 0.428. The second-order valence-corrected chi connectivity index (χ2v) is 4.97. The fraction of sp³-hybridized carbons (Fsp3) is 1.00. The molecule has 2 fully saturated rings. The minimum absolute atomic E-state index is 0.452. The zero-order valence-corrected chi connectivity index (χ0v) is 10.5. The van der Waals surface area contributed by atoms with Gasteiger partial charge in [0.15, 0.2) is 0 Å². The van der Waals surface area contributed by atoms with Gasteiger partial charge < -0.3 is 14.4 Å². The molecule has 0 amide bonds. The Morgan fingerprint density at radius 2 is 1.75 bits per heavy atom. The van der Waals surface area contributed by atoms with Crippen LogP contribution in [0.2, 0.25) is 0 Å². The summed E-state index contributed by atoms with van der Waals surface area (Å²) < 4.78 is 11.0. The monoisotopic (exact) mass is 228 g/mol. The number of likely N-dealkylation sites (N-methyl/N-ethyl adjacent to an activating group) is 1. The van der Waals surface area contributed by atoms with Crippen LogP contribution in [-0.2, 0) is 9.47 Å². The molecule has 0 spiro atoms. The summed E-state index contributed by atoms with van der Waals surface area (Å²) in [5.41, 5.74) is 0. The molecule has 0 aromatic heterocycles. The van der Waals surface area contributed by atoms with E-state index in [0.29, 0.717) is 12.2 Å². The lowest BCUT2D eigenvalue weighted by Gasteiger charge is -2.35. The number of hydrogen-bond acceptors (Lipinski definition) is 4. The van der Waals surface area contributed by atoms with Crippen LogP contribution in [0, 0.1) is 0 Å². The molecule has 0 aromatic carbocycles. The molecule has 4 heteroatoms. The fourth-order valence-electron chi connectivity index (χ4n) is 2.27. The summed E-state index contributed by atoms with van der Waals surface area (Å²) in [7, 11) is 3.97. The predicted molar refractivity (Wildman–Crippen MR) is 63.7 cm³/mol. The van der Waals surface area contributed by atoms with Crippen molar-refractivity contribution in [3.8, 4) is 0 Å². The van der Waals surface area contributed by atoms with E-state index in [-0.39, 0.29) is 0 Å². The number of nitrogens with zero attached hydrogens (tertiary/aromatic N) is 2. The Hall–Kier alpha value is -0.160. The van der Waals surface area contributed by atoms with E-state index in [1.165, 1.54) is 26.2 Å². The third kappa shape index (κ3) is 3.42. The molecule has 0 aromatic rings. The first-order valence-electron chi connectivity index (χ1n) is 6.33. The minimum atomic E-state index is 0.452. The van der Waals surface area contributed by atoms with E-state index in [2.05, 4.69) is 16.8 Å². The lowest BCUT2D eigenvalue weighted by atomic mass is 9.92. The lowest BCUT2D eigenvalue weighted by molar-refractivity contribution is -0.0904. The van der Waals surface area contributed by atoms with Crippen molar-refractivity contribution in [3.05, 3.63) is 0 Å². The SMILES string of the molecule is COC1CC(OCCN2CCN(C)CC2)C1. The quantitative estimate of drug-likeness (QED) is 0.681. The molecular formula is C12H24N2O2. The Kier molecular flexibility index (Phi) is 4.58. The van der Waals surface area contributed by atoms with Crippen molar-refractivity contribution in [3.63, 3.8) is 0 Å². The van der Waals surface area contributed by atoms with Crippen LogP contribution in [-0.4, -0.2) is 75.5 Å². The summed E-state index contributed by atoms with van der Waals surface area (Å²) >= 11 is 0. The van der Waals surface area contributed by atoms with Gasteiger partial charge >= 0.3 is 0 Å². The van der Waals surface area contributed by atoms with Gasteiger partial charge in [0.2, 0.25) is 0 Å². The first kappa shape index (κ1) is 12.3. The van der Waals surface area contributed by atoms with Crippen LogP contribution in [0.5, 0.6) is 0 Å². The highest BCUT2D eigenvalue weighted by Gasteiger charge is 2.29. The third-order valence-corrected chi connectivity index (χ3v) is 3.74. The second kappa shape index (κ2) is 5.96. The van der Waals surface area contributed by atoms with Crippen molar-refractivity contribution >= 4 is 0 Å². The molecule has 0 unspecified atom stereocenters. The molecule has 0 N–H and O–H groups in total. The minimum Gasteiger partial charge on any atom is -0.381 e. The van der Waals surface area contributed by atoms with Crippen LogP contribution in [0.15, 0.2) is 0 Å². The maximum absolute atomic E-state index is 5.80. The highest BCUT2D eigenvalue weighted by atomic mass is 16.5. The first-order chi connectivity index (χ1) is 7.78. The summed E-state index contributed by atoms with van der Waals surface area (Å²) in [6, 6.07) is 0. The van der Waals surface area contributed by atoms with Gasteiger partial charge in [0.05, 0.1) is 18.8 Å². The standard InChI is InChI=1S/C12H24N2O2/c1-13-3-5-14(6-4-13)7-8-16-12-9-11(10-12)15-2/h11-12H,3-10H2,1-2H3. The summed E-state index contributed by atoms with van der Waals surface area (Å²) in [6.07, 6.45) is 3.07. The highest BCUT2D eigenvalue weighted by Crippen LogP contribution is 2.25. The van der Waals surface area contributed by atoms with E-state index in [1.807, 2.05) is 0 Å². The molecule has 4 nitrogen and oxygen atoms in total. The van der Waals surface area contributed by atoms with E-state index in [4.69, 9.17) is 9.47 Å². The average molecular weight is 228 g/mol. The Bertz CT molecular complexity index is 199. The smallest absolute Gasteiger partial charge is 0.0625 e. The molecule has 2 aliphatic rings. The lowest BCUT2D eigenvalue weighted by Crippen LogP contribution is -2.46. The average Bonchev–Trinajstić information content (AvgIpc) is 2.24. The van der Waals surface area contributed by atoms with Gasteiger partial charge in [-0.1, -0.05) is 0 Å². The molecule has 1 saturated carbocycles. The second-order valence-electron chi connectivity index (χ2n) is 4.97. The van der Waals surface area contributed by atoms with Crippen LogP contribution in [0.3, 0.4) is 0 Å². The van der Waals surface area contributed by atoms with Crippen molar-refractivity contribution in [1.29, 1.82) is 0 Å². The van der Waals surface area contributed by atoms with Gasteiger partial charge in [0, 0.05) is 39.8 Å². The zero-order chi connectivity index (χ0) is 11.4. The van der Waals surface area contributed by atoms with E-state index in [1.54, 1.807) is 7.11 Å². The topological polar surface area (TPSA) is 24.9 Å². The number of methoxy groups -OCH3 is 1. The highest BCUT2D eigenvalue weighted by molar-refractivity contribution is 4.80. The molecule has 94 valence electrons. The van der Waals surface area contributed by atoms with Gasteiger partial charge in [-0.05, 0) is 19.9 Å². The molecule has 1 aliphatic carbocycles. The summed E-state index contributed by atoms with van der Waals surface area (Å²) in [6.45, 7) is 6.72. The van der Waals surface area contributed by atoms with Crippen molar-refractivity contribution in [1.82, 2.24) is 9.80 Å². The fourth-order valence-corrected chi connectivity index (χ4v) is 2.27. The molecule has 0 bridgehead atoms. The van der Waals surface area contributed by atoms with E-state index < -0.39 is 0 Å². The van der Waals surface area contributed by atoms with Crippen molar-refractivity contribution in [2.45, 2.75) is 25.0 Å². The normalized spacial score (nSPS) is 32.6. The summed E-state index contributed by atoms with van der Waals surface area (Å²) in [5.74, 6) is 0. The summed E-state index contributed by atoms with van der Waals surface area (Å²) in [4.78, 5) is 4.87. The van der Waals surface area contributed by atoms with Gasteiger partial charge in [-0.25, -0.2) is 0 Å². The largest absolute Gasteiger partial charge is 0.381 e. The van der Waals surface area contributed by atoms with Gasteiger partial charge in [0.1, 0.15) is 0 Å². The Balaban J connectivity index is 1.49. The van der Waals surface area contributed by atoms with Crippen LogP contribution in [0.4, 0.5) is 0 Å². The molecule has 0 radical (unpaired) electrons. The number of piperazine rings is 1. The van der Waals surface area contributed by atoms with E-state index >= 15 is 0 Å². The van der Waals surface area contributed by atoms with Gasteiger partial charge in [-0.3, -0.25) is 4.90 Å². The van der Waals surface area contributed by atoms with E-state index in [9.17, 15) is 0 Å². The first-order valence-corrected chi connectivity index (χ1v) is 6.33. The maximum atomic E-state index is 5.80. The Morgan fingerprint density at radius 3 is 2.38 bits per heavy atom. The van der Waals surface area contributed by atoms with Crippen molar-refractivity contribution in [2.75, 3.05) is 53.5 Å². The summed E-state index contributed by atoms with van der Waals surface area (Å²) in [5, 5.41) is 0. The van der Waals surface area contributed by atoms with Crippen molar-refractivity contribution in [2.24, 2.45) is 0 Å². The van der Waals surface area contributed by atoms with Crippen LogP contribution in [0.1, 0.15) is 12.8 Å². The zero-order valence-electron chi connectivity index (χ0n) is 10.5. The van der Waals surface area contributed by atoms with E-state index in [0.717, 1.165) is 26.0 Å².